The lowest BCUT2D eigenvalue weighted by molar-refractivity contribution is 0.219. The van der Waals surface area contributed by atoms with Crippen LogP contribution in [0.1, 0.15) is 37.7 Å². The Labute approximate surface area is 95.3 Å². The van der Waals surface area contributed by atoms with E-state index in [4.69, 9.17) is 11.6 Å². The van der Waals surface area contributed by atoms with Gasteiger partial charge in [-0.1, -0.05) is 19.3 Å². The van der Waals surface area contributed by atoms with E-state index in [0.717, 1.165) is 5.88 Å². The molecule has 0 spiro atoms. The van der Waals surface area contributed by atoms with Gasteiger partial charge in [-0.3, -0.25) is 0 Å². The summed E-state index contributed by atoms with van der Waals surface area (Å²) in [6.45, 7) is 0. The van der Waals surface area contributed by atoms with Gasteiger partial charge in [-0.05, 0) is 47.1 Å². The maximum atomic E-state index is 6.16. The molecule has 14 heavy (non-hydrogen) atoms. The maximum absolute atomic E-state index is 6.16. The van der Waals surface area contributed by atoms with E-state index >= 15 is 0 Å². The number of rotatable bonds is 3. The fraction of sp³-hybridized carbons (Fsp3) is 0.667. The average Bonchev–Trinajstić information content (AvgIpc) is 2.72. The van der Waals surface area contributed by atoms with Crippen LogP contribution in [0.4, 0.5) is 0 Å². The van der Waals surface area contributed by atoms with E-state index in [2.05, 4.69) is 16.8 Å². The van der Waals surface area contributed by atoms with Crippen molar-refractivity contribution in [2.45, 2.75) is 38.5 Å². The smallest absolute Gasteiger partial charge is 0.0283 e. The van der Waals surface area contributed by atoms with Crippen molar-refractivity contribution in [2.24, 2.45) is 5.41 Å². The lowest BCUT2D eigenvalue weighted by Crippen LogP contribution is -2.28. The second-order valence-corrected chi connectivity index (χ2v) is 5.55. The first-order valence-corrected chi connectivity index (χ1v) is 6.89. The molecular weight excluding hydrogens is 212 g/mol. The molecule has 0 aromatic carbocycles. The SMILES string of the molecule is ClCC1(Cc2ccsc2)CCCCC1. The third-order valence-electron chi connectivity index (χ3n) is 3.36. The van der Waals surface area contributed by atoms with Crippen LogP contribution in [0.2, 0.25) is 0 Å². The molecule has 1 heterocycles. The second-order valence-electron chi connectivity index (χ2n) is 4.50. The molecule has 1 aliphatic rings. The average molecular weight is 229 g/mol. The monoisotopic (exact) mass is 228 g/mol. The molecular formula is C12H17ClS. The number of halogens is 1. The van der Waals surface area contributed by atoms with Gasteiger partial charge in [0.05, 0.1) is 0 Å². The molecule has 0 saturated heterocycles. The molecule has 78 valence electrons. The van der Waals surface area contributed by atoms with Crippen molar-refractivity contribution >= 4 is 22.9 Å². The maximum Gasteiger partial charge on any atom is 0.0283 e. The molecule has 0 radical (unpaired) electrons. The normalized spacial score (nSPS) is 20.9. The van der Waals surface area contributed by atoms with Crippen LogP contribution < -0.4 is 0 Å². The summed E-state index contributed by atoms with van der Waals surface area (Å²) in [4.78, 5) is 0. The number of hydrogen-bond donors (Lipinski definition) is 0. The second kappa shape index (κ2) is 4.67. The first-order chi connectivity index (χ1) is 6.85. The van der Waals surface area contributed by atoms with Gasteiger partial charge in [-0.15, -0.1) is 11.6 Å². The Kier molecular flexibility index (Phi) is 3.51. The van der Waals surface area contributed by atoms with Gasteiger partial charge in [-0.2, -0.15) is 11.3 Å². The predicted octanol–water partition coefficient (Wildman–Crippen LogP) is 4.48. The Morgan fingerprint density at radius 2 is 2.07 bits per heavy atom. The molecule has 0 unspecified atom stereocenters. The lowest BCUT2D eigenvalue weighted by Gasteiger charge is -2.35. The minimum atomic E-state index is 0.418. The molecule has 0 amide bonds. The van der Waals surface area contributed by atoms with Gasteiger partial charge < -0.3 is 0 Å². The fourth-order valence-corrected chi connectivity index (χ4v) is 3.52. The summed E-state index contributed by atoms with van der Waals surface area (Å²) >= 11 is 7.95. The summed E-state index contributed by atoms with van der Waals surface area (Å²) in [5.74, 6) is 0.836. The van der Waals surface area contributed by atoms with Crippen LogP contribution in [0.3, 0.4) is 0 Å². The Bertz CT molecular complexity index is 260. The summed E-state index contributed by atoms with van der Waals surface area (Å²) in [6, 6.07) is 2.24. The Morgan fingerprint density at radius 1 is 1.29 bits per heavy atom. The van der Waals surface area contributed by atoms with Crippen molar-refractivity contribution < 1.29 is 0 Å². The zero-order valence-electron chi connectivity index (χ0n) is 8.47. The summed E-state index contributed by atoms with van der Waals surface area (Å²) in [6.07, 6.45) is 7.99. The fourth-order valence-electron chi connectivity index (χ4n) is 2.49. The third kappa shape index (κ3) is 2.32. The summed E-state index contributed by atoms with van der Waals surface area (Å²) < 4.78 is 0. The highest BCUT2D eigenvalue weighted by molar-refractivity contribution is 7.07. The van der Waals surface area contributed by atoms with Crippen molar-refractivity contribution in [2.75, 3.05) is 5.88 Å². The molecule has 1 aliphatic carbocycles. The Hall–Kier alpha value is -0.0100. The number of thiophene rings is 1. The summed E-state index contributed by atoms with van der Waals surface area (Å²) in [5, 5.41) is 4.43. The molecule has 0 N–H and O–H groups in total. The van der Waals surface area contributed by atoms with Gasteiger partial charge in [0.2, 0.25) is 0 Å². The van der Waals surface area contributed by atoms with Crippen molar-refractivity contribution in [3.63, 3.8) is 0 Å². The molecule has 1 aromatic heterocycles. The molecule has 1 saturated carbocycles. The highest BCUT2D eigenvalue weighted by Crippen LogP contribution is 2.40. The third-order valence-corrected chi connectivity index (χ3v) is 4.66. The van der Waals surface area contributed by atoms with E-state index in [0.29, 0.717) is 5.41 Å². The van der Waals surface area contributed by atoms with Crippen LogP contribution in [-0.2, 0) is 6.42 Å². The molecule has 1 fully saturated rings. The van der Waals surface area contributed by atoms with Crippen LogP contribution in [0.5, 0.6) is 0 Å². The topological polar surface area (TPSA) is 0 Å². The van der Waals surface area contributed by atoms with E-state index in [9.17, 15) is 0 Å². The van der Waals surface area contributed by atoms with E-state index in [1.807, 2.05) is 0 Å². The quantitative estimate of drug-likeness (QED) is 0.670. The van der Waals surface area contributed by atoms with Gasteiger partial charge in [0.1, 0.15) is 0 Å². The molecule has 0 bridgehead atoms. The minimum absolute atomic E-state index is 0.418. The molecule has 0 aliphatic heterocycles. The van der Waals surface area contributed by atoms with Crippen molar-refractivity contribution in [3.05, 3.63) is 22.4 Å². The van der Waals surface area contributed by atoms with Gasteiger partial charge in [0, 0.05) is 5.88 Å². The van der Waals surface area contributed by atoms with Crippen LogP contribution in [0.15, 0.2) is 16.8 Å². The standard InChI is InChI=1S/C12H17ClS/c13-10-12(5-2-1-3-6-12)8-11-4-7-14-9-11/h4,7,9H,1-3,5-6,8,10H2. The van der Waals surface area contributed by atoms with Gasteiger partial charge in [0.15, 0.2) is 0 Å². The van der Waals surface area contributed by atoms with Crippen LogP contribution in [0, 0.1) is 5.41 Å². The van der Waals surface area contributed by atoms with E-state index < -0.39 is 0 Å². The van der Waals surface area contributed by atoms with Gasteiger partial charge >= 0.3 is 0 Å². The highest BCUT2D eigenvalue weighted by atomic mass is 35.5. The van der Waals surface area contributed by atoms with Crippen LogP contribution in [-0.4, -0.2) is 5.88 Å². The van der Waals surface area contributed by atoms with Gasteiger partial charge in [0.25, 0.3) is 0 Å². The molecule has 0 nitrogen and oxygen atoms in total. The molecule has 0 atom stereocenters. The molecule has 2 rings (SSSR count). The highest BCUT2D eigenvalue weighted by Gasteiger charge is 2.31. The van der Waals surface area contributed by atoms with E-state index in [1.54, 1.807) is 11.3 Å². The predicted molar refractivity (Wildman–Crippen MR) is 64.3 cm³/mol. The zero-order chi connectivity index (χ0) is 9.86. The van der Waals surface area contributed by atoms with Crippen molar-refractivity contribution in [1.29, 1.82) is 0 Å². The van der Waals surface area contributed by atoms with Gasteiger partial charge in [-0.25, -0.2) is 0 Å². The summed E-state index contributed by atoms with van der Waals surface area (Å²) in [7, 11) is 0. The van der Waals surface area contributed by atoms with Crippen molar-refractivity contribution in [1.82, 2.24) is 0 Å². The van der Waals surface area contributed by atoms with Crippen LogP contribution in [0.25, 0.3) is 0 Å². The molecule has 1 aromatic rings. The number of alkyl halides is 1. The largest absolute Gasteiger partial charge is 0.152 e. The minimum Gasteiger partial charge on any atom is -0.152 e. The number of hydrogen-bond acceptors (Lipinski definition) is 1. The van der Waals surface area contributed by atoms with Crippen LogP contribution >= 0.6 is 22.9 Å². The Morgan fingerprint density at radius 3 is 2.64 bits per heavy atom. The summed E-state index contributed by atoms with van der Waals surface area (Å²) in [5.41, 5.74) is 1.90. The van der Waals surface area contributed by atoms with E-state index in [1.165, 1.54) is 44.1 Å². The molecule has 2 heteroatoms. The van der Waals surface area contributed by atoms with Crippen molar-refractivity contribution in [3.8, 4) is 0 Å². The zero-order valence-corrected chi connectivity index (χ0v) is 10.0. The van der Waals surface area contributed by atoms with E-state index in [-0.39, 0.29) is 0 Å². The Balaban J connectivity index is 2.04. The first-order valence-electron chi connectivity index (χ1n) is 5.42. The first kappa shape index (κ1) is 10.5. The lowest BCUT2D eigenvalue weighted by atomic mass is 9.72.